The molecule has 16 heavy (non-hydrogen) atoms. The number of rotatable bonds is 3. The molecule has 1 heterocycles. The molecule has 0 aliphatic carbocycles. The number of nitrogens with one attached hydrogen (secondary N) is 2. The molecule has 0 aliphatic heterocycles. The summed E-state index contributed by atoms with van der Waals surface area (Å²) in [5, 5.41) is 2.98. The van der Waals surface area contributed by atoms with E-state index < -0.39 is 9.84 Å². The van der Waals surface area contributed by atoms with Crippen LogP contribution in [0.1, 0.15) is 5.82 Å². The van der Waals surface area contributed by atoms with Gasteiger partial charge >= 0.3 is 0 Å². The lowest BCUT2D eigenvalue weighted by molar-refractivity contribution is 0.602. The van der Waals surface area contributed by atoms with Crippen molar-refractivity contribution >= 4 is 20.9 Å². The predicted octanol–water partition coefficient (Wildman–Crippen LogP) is 0.686. The van der Waals surface area contributed by atoms with Crippen molar-refractivity contribution in [3.05, 3.63) is 24.0 Å². The Balaban J connectivity index is 2.54. The highest BCUT2D eigenvalue weighted by molar-refractivity contribution is 7.90. The number of hydrogen-bond acceptors (Lipinski definition) is 4. The molecule has 0 aliphatic rings. The van der Waals surface area contributed by atoms with Crippen molar-refractivity contribution < 1.29 is 8.42 Å². The third-order valence-corrected chi connectivity index (χ3v) is 3.39. The van der Waals surface area contributed by atoms with E-state index in [-0.39, 0.29) is 0 Å². The van der Waals surface area contributed by atoms with Crippen LogP contribution in [0.5, 0.6) is 0 Å². The van der Waals surface area contributed by atoms with Crippen LogP contribution in [-0.2, 0) is 16.4 Å². The van der Waals surface area contributed by atoms with Crippen LogP contribution in [0.2, 0.25) is 0 Å². The number of sulfone groups is 1. The van der Waals surface area contributed by atoms with Crippen molar-refractivity contribution in [3.8, 4) is 0 Å². The number of hydrogen-bond donors (Lipinski definition) is 2. The molecule has 0 saturated heterocycles. The summed E-state index contributed by atoms with van der Waals surface area (Å²) in [5.41, 5.74) is 1.52. The van der Waals surface area contributed by atoms with E-state index in [4.69, 9.17) is 0 Å². The highest BCUT2D eigenvalue weighted by Crippen LogP contribution is 2.17. The Kier molecular flexibility index (Phi) is 2.69. The van der Waals surface area contributed by atoms with Crippen molar-refractivity contribution in [3.63, 3.8) is 0 Å². The van der Waals surface area contributed by atoms with Crippen LogP contribution in [0.25, 0.3) is 11.0 Å². The van der Waals surface area contributed by atoms with Gasteiger partial charge in [0.05, 0.1) is 22.5 Å². The van der Waals surface area contributed by atoms with Gasteiger partial charge in [0.1, 0.15) is 5.82 Å². The largest absolute Gasteiger partial charge is 0.341 e. The lowest BCUT2D eigenvalue weighted by atomic mass is 10.3. The van der Waals surface area contributed by atoms with Gasteiger partial charge < -0.3 is 10.3 Å². The van der Waals surface area contributed by atoms with Crippen LogP contribution in [0.3, 0.4) is 0 Å². The van der Waals surface area contributed by atoms with Gasteiger partial charge in [-0.05, 0) is 25.2 Å². The normalized spacial score (nSPS) is 12.1. The molecule has 0 atom stereocenters. The molecule has 0 spiro atoms. The third-order valence-electron chi connectivity index (χ3n) is 2.27. The zero-order valence-electron chi connectivity index (χ0n) is 9.11. The zero-order valence-corrected chi connectivity index (χ0v) is 9.93. The Morgan fingerprint density at radius 2 is 2.19 bits per heavy atom. The highest BCUT2D eigenvalue weighted by atomic mass is 32.2. The maximum Gasteiger partial charge on any atom is 0.175 e. The Hall–Kier alpha value is -1.40. The molecule has 0 fully saturated rings. The summed E-state index contributed by atoms with van der Waals surface area (Å²) in [7, 11) is -1.33. The van der Waals surface area contributed by atoms with E-state index in [1.165, 1.54) is 6.26 Å². The molecule has 0 radical (unpaired) electrons. The summed E-state index contributed by atoms with van der Waals surface area (Å²) in [6.07, 6.45) is 1.19. The van der Waals surface area contributed by atoms with Crippen LogP contribution in [-0.4, -0.2) is 31.7 Å². The summed E-state index contributed by atoms with van der Waals surface area (Å²) in [4.78, 5) is 7.69. The fourth-order valence-corrected chi connectivity index (χ4v) is 2.17. The second-order valence-electron chi connectivity index (χ2n) is 3.66. The number of aromatic amines is 1. The molecule has 1 aromatic carbocycles. The van der Waals surface area contributed by atoms with E-state index in [1.807, 2.05) is 7.05 Å². The summed E-state index contributed by atoms with van der Waals surface area (Å²) in [6.45, 7) is 0.628. The first-order valence-electron chi connectivity index (χ1n) is 4.84. The Morgan fingerprint density at radius 3 is 2.81 bits per heavy atom. The molecule has 2 N–H and O–H groups in total. The average molecular weight is 239 g/mol. The Labute approximate surface area is 93.8 Å². The van der Waals surface area contributed by atoms with E-state index in [0.29, 0.717) is 11.4 Å². The molecule has 2 aromatic rings. The number of aromatic nitrogens is 2. The van der Waals surface area contributed by atoms with Crippen LogP contribution < -0.4 is 5.32 Å². The van der Waals surface area contributed by atoms with Crippen LogP contribution in [0.4, 0.5) is 0 Å². The van der Waals surface area contributed by atoms with Gasteiger partial charge in [-0.25, -0.2) is 13.4 Å². The molecule has 0 bridgehead atoms. The molecule has 0 amide bonds. The van der Waals surface area contributed by atoms with Gasteiger partial charge in [0, 0.05) is 6.26 Å². The van der Waals surface area contributed by atoms with Crippen molar-refractivity contribution in [1.29, 1.82) is 0 Å². The number of H-pyrrole nitrogens is 1. The number of imidazole rings is 1. The smallest absolute Gasteiger partial charge is 0.175 e. The maximum atomic E-state index is 11.4. The molecule has 2 rings (SSSR count). The van der Waals surface area contributed by atoms with Crippen LogP contribution in [0.15, 0.2) is 23.1 Å². The van der Waals surface area contributed by atoms with Crippen LogP contribution in [0, 0.1) is 0 Å². The first-order valence-corrected chi connectivity index (χ1v) is 6.73. The third kappa shape index (κ3) is 2.07. The minimum atomic E-state index is -3.16. The molecule has 1 aromatic heterocycles. The van der Waals surface area contributed by atoms with Crippen molar-refractivity contribution in [2.24, 2.45) is 0 Å². The molecule has 5 nitrogen and oxygen atoms in total. The van der Waals surface area contributed by atoms with E-state index >= 15 is 0 Å². The molecule has 0 unspecified atom stereocenters. The molecular weight excluding hydrogens is 226 g/mol. The van der Waals surface area contributed by atoms with Gasteiger partial charge in [-0.2, -0.15) is 0 Å². The fraction of sp³-hybridized carbons (Fsp3) is 0.300. The second kappa shape index (κ2) is 3.88. The topological polar surface area (TPSA) is 74.8 Å². The van der Waals surface area contributed by atoms with Crippen LogP contribution >= 0.6 is 0 Å². The van der Waals surface area contributed by atoms with Gasteiger partial charge in [-0.15, -0.1) is 0 Å². The fourth-order valence-electron chi connectivity index (χ4n) is 1.52. The summed E-state index contributed by atoms with van der Waals surface area (Å²) in [6, 6.07) is 4.89. The summed E-state index contributed by atoms with van der Waals surface area (Å²) < 4.78 is 22.7. The van der Waals surface area contributed by atoms with E-state index in [2.05, 4.69) is 15.3 Å². The lowest BCUT2D eigenvalue weighted by Gasteiger charge is -1.96. The number of benzene rings is 1. The van der Waals surface area contributed by atoms with Gasteiger partial charge in [-0.3, -0.25) is 0 Å². The van der Waals surface area contributed by atoms with Crippen molar-refractivity contribution in [2.45, 2.75) is 11.4 Å². The number of fused-ring (bicyclic) bond motifs is 1. The summed E-state index contributed by atoms with van der Waals surface area (Å²) >= 11 is 0. The maximum absolute atomic E-state index is 11.4. The molecule has 0 saturated carbocycles. The Bertz CT molecular complexity index is 616. The monoisotopic (exact) mass is 239 g/mol. The van der Waals surface area contributed by atoms with Crippen molar-refractivity contribution in [2.75, 3.05) is 13.3 Å². The van der Waals surface area contributed by atoms with E-state index in [0.717, 1.165) is 16.9 Å². The van der Waals surface area contributed by atoms with Gasteiger partial charge in [-0.1, -0.05) is 0 Å². The minimum absolute atomic E-state index is 0.305. The minimum Gasteiger partial charge on any atom is -0.341 e. The SMILES string of the molecule is CNCc1nc2ccc(S(C)(=O)=O)cc2[nH]1. The van der Waals surface area contributed by atoms with Gasteiger partial charge in [0.25, 0.3) is 0 Å². The highest BCUT2D eigenvalue weighted by Gasteiger charge is 2.09. The lowest BCUT2D eigenvalue weighted by Crippen LogP contribution is -2.06. The first-order chi connectivity index (χ1) is 7.50. The standard InChI is InChI=1S/C10H13N3O2S/c1-11-6-10-12-8-4-3-7(16(2,14)15)5-9(8)13-10/h3-5,11H,6H2,1-2H3,(H,12,13). The summed E-state index contributed by atoms with van der Waals surface area (Å²) in [5.74, 6) is 0.795. The van der Waals surface area contributed by atoms with E-state index in [1.54, 1.807) is 18.2 Å². The predicted molar refractivity (Wildman–Crippen MR) is 62.0 cm³/mol. The molecular formula is C10H13N3O2S. The zero-order chi connectivity index (χ0) is 11.8. The molecule has 86 valence electrons. The average Bonchev–Trinajstić information content (AvgIpc) is 2.57. The second-order valence-corrected chi connectivity index (χ2v) is 5.68. The van der Waals surface area contributed by atoms with Gasteiger partial charge in [0.15, 0.2) is 9.84 Å². The van der Waals surface area contributed by atoms with E-state index in [9.17, 15) is 8.42 Å². The first kappa shape index (κ1) is 11.1. The quantitative estimate of drug-likeness (QED) is 0.826. The molecule has 6 heteroatoms. The number of nitrogens with zero attached hydrogens (tertiary/aromatic N) is 1. The van der Waals surface area contributed by atoms with Gasteiger partial charge in [0.2, 0.25) is 0 Å². The Morgan fingerprint density at radius 1 is 1.44 bits per heavy atom. The van der Waals surface area contributed by atoms with Crippen molar-refractivity contribution in [1.82, 2.24) is 15.3 Å².